The third-order valence-corrected chi connectivity index (χ3v) is 8.48. The first kappa shape index (κ1) is 23.9. The molecule has 10 heteroatoms. The molecule has 0 radical (unpaired) electrons. The fourth-order valence-corrected chi connectivity index (χ4v) is 6.26. The summed E-state index contributed by atoms with van der Waals surface area (Å²) in [4.78, 5) is 7.79. The highest BCUT2D eigenvalue weighted by Gasteiger charge is 2.28. The van der Waals surface area contributed by atoms with E-state index < -0.39 is 20.7 Å². The smallest absolute Gasteiger partial charge is 0.266 e. The van der Waals surface area contributed by atoms with E-state index in [1.807, 2.05) is 18.0 Å². The van der Waals surface area contributed by atoms with E-state index in [0.29, 0.717) is 11.7 Å². The van der Waals surface area contributed by atoms with Crippen LogP contribution in [-0.2, 0) is 10.0 Å². The summed E-state index contributed by atoms with van der Waals surface area (Å²) in [5.41, 5.74) is 3.26. The zero-order valence-electron chi connectivity index (χ0n) is 18.4. The van der Waals surface area contributed by atoms with Crippen molar-refractivity contribution in [1.82, 2.24) is 9.88 Å². The number of nitrogens with zero attached hydrogens (tertiary/aromatic N) is 3. The Morgan fingerprint density at radius 2 is 1.94 bits per heavy atom. The van der Waals surface area contributed by atoms with Crippen molar-refractivity contribution >= 4 is 44.5 Å². The molecule has 0 saturated carbocycles. The number of halogens is 2. The molecule has 0 amide bonds. The molecule has 0 bridgehead atoms. The minimum Gasteiger partial charge on any atom is -0.370 e. The molecular weight excluding hydrogens is 483 g/mol. The van der Waals surface area contributed by atoms with Crippen molar-refractivity contribution < 1.29 is 12.8 Å². The normalized spacial score (nSPS) is 16.5. The van der Waals surface area contributed by atoms with Crippen LogP contribution in [0, 0.1) is 5.82 Å². The highest BCUT2D eigenvalue weighted by Crippen LogP contribution is 2.34. The lowest BCUT2D eigenvalue weighted by atomic mass is 9.99. The summed E-state index contributed by atoms with van der Waals surface area (Å²) in [6.45, 7) is 4.04. The molecule has 1 N–H and O–H groups in total. The van der Waals surface area contributed by atoms with E-state index in [4.69, 9.17) is 11.6 Å². The molecule has 33 heavy (non-hydrogen) atoms. The van der Waals surface area contributed by atoms with Crippen molar-refractivity contribution in [2.45, 2.75) is 36.7 Å². The monoisotopic (exact) mass is 508 g/mol. The predicted molar refractivity (Wildman–Crippen MR) is 132 cm³/mol. The standard InChI is InChI=1S/C23H26ClFN4O2S2/c1-16(17-6-4-3-5-7-17)29-10-8-18(9-11-29)28(2)21-13-20(25)22(12-19(21)24)33(30,31)27-23-14-32-15-26-23/h3-7,12-16,18,27H,8-11H2,1-2H3/t16-/m1/s1. The SMILES string of the molecule is C[C@H](c1ccccc1)N1CCC(N(C)c2cc(F)c(S(=O)(=O)Nc3cscn3)cc2Cl)CC1. The minimum absolute atomic E-state index is 0.146. The molecule has 0 aliphatic carbocycles. The Morgan fingerprint density at radius 1 is 1.24 bits per heavy atom. The first-order valence-electron chi connectivity index (χ1n) is 10.7. The van der Waals surface area contributed by atoms with Gasteiger partial charge in [0.05, 0.1) is 16.2 Å². The third-order valence-electron chi connectivity index (χ3n) is 6.22. The van der Waals surface area contributed by atoms with E-state index in [1.165, 1.54) is 39.9 Å². The Hall–Kier alpha value is -2.20. The first-order chi connectivity index (χ1) is 15.8. The number of benzene rings is 2. The molecule has 176 valence electrons. The molecule has 2 heterocycles. The van der Waals surface area contributed by atoms with Crippen molar-refractivity contribution in [2.24, 2.45) is 0 Å². The van der Waals surface area contributed by atoms with Crippen LogP contribution in [0.4, 0.5) is 15.9 Å². The van der Waals surface area contributed by atoms with Gasteiger partial charge in [-0.2, -0.15) is 0 Å². The summed E-state index contributed by atoms with van der Waals surface area (Å²) in [6.07, 6.45) is 1.80. The maximum absolute atomic E-state index is 14.9. The molecule has 6 nitrogen and oxygen atoms in total. The van der Waals surface area contributed by atoms with Gasteiger partial charge < -0.3 is 4.90 Å². The number of thiazole rings is 1. The Kier molecular flexibility index (Phi) is 7.23. The molecule has 2 aromatic carbocycles. The highest BCUT2D eigenvalue weighted by molar-refractivity contribution is 7.92. The molecule has 1 aromatic heterocycles. The summed E-state index contributed by atoms with van der Waals surface area (Å²) < 4.78 is 42.4. The molecule has 1 fully saturated rings. The number of sulfonamides is 1. The molecule has 0 spiro atoms. The van der Waals surface area contributed by atoms with Crippen LogP contribution in [0.5, 0.6) is 0 Å². The van der Waals surface area contributed by atoms with E-state index in [-0.39, 0.29) is 16.9 Å². The van der Waals surface area contributed by atoms with Gasteiger partial charge in [-0.25, -0.2) is 17.8 Å². The van der Waals surface area contributed by atoms with Crippen molar-refractivity contribution in [3.63, 3.8) is 0 Å². The fraction of sp³-hybridized carbons (Fsp3) is 0.348. The molecule has 0 unspecified atom stereocenters. The lowest BCUT2D eigenvalue weighted by Crippen LogP contribution is -2.44. The van der Waals surface area contributed by atoms with Crippen LogP contribution in [0.25, 0.3) is 0 Å². The number of hydrogen-bond acceptors (Lipinski definition) is 6. The van der Waals surface area contributed by atoms with Crippen molar-refractivity contribution in [2.75, 3.05) is 29.8 Å². The quantitative estimate of drug-likeness (QED) is 0.463. The Labute approximate surface area is 203 Å². The number of piperidine rings is 1. The zero-order chi connectivity index (χ0) is 23.6. The second-order valence-electron chi connectivity index (χ2n) is 8.18. The van der Waals surface area contributed by atoms with Gasteiger partial charge in [0.2, 0.25) is 0 Å². The van der Waals surface area contributed by atoms with Gasteiger partial charge in [-0.05, 0) is 31.4 Å². The largest absolute Gasteiger partial charge is 0.370 e. The summed E-state index contributed by atoms with van der Waals surface area (Å²) in [5, 5.41) is 1.72. The Balaban J connectivity index is 1.46. The topological polar surface area (TPSA) is 65.5 Å². The van der Waals surface area contributed by atoms with Crippen LogP contribution in [0.2, 0.25) is 5.02 Å². The third kappa shape index (κ3) is 5.32. The second kappa shape index (κ2) is 9.97. The Morgan fingerprint density at radius 3 is 2.58 bits per heavy atom. The van der Waals surface area contributed by atoms with E-state index >= 15 is 0 Å². The van der Waals surface area contributed by atoms with E-state index in [9.17, 15) is 12.8 Å². The van der Waals surface area contributed by atoms with Gasteiger partial charge in [-0.3, -0.25) is 9.62 Å². The number of hydrogen-bond donors (Lipinski definition) is 1. The van der Waals surface area contributed by atoms with Crippen molar-refractivity contribution in [1.29, 1.82) is 0 Å². The Bertz CT molecular complexity index is 1180. The molecular formula is C23H26ClFN4O2S2. The predicted octanol–water partition coefficient (Wildman–Crippen LogP) is 5.40. The number of likely N-dealkylation sites (tertiary alicyclic amines) is 1. The zero-order valence-corrected chi connectivity index (χ0v) is 20.8. The molecule has 1 aliphatic rings. The first-order valence-corrected chi connectivity index (χ1v) is 13.5. The van der Waals surface area contributed by atoms with Gasteiger partial charge in [-0.1, -0.05) is 41.9 Å². The average molecular weight is 509 g/mol. The van der Waals surface area contributed by atoms with Crippen LogP contribution < -0.4 is 9.62 Å². The van der Waals surface area contributed by atoms with Crippen LogP contribution in [-0.4, -0.2) is 44.5 Å². The number of nitrogens with one attached hydrogen (secondary N) is 1. The van der Waals surface area contributed by atoms with Gasteiger partial charge in [0.25, 0.3) is 10.0 Å². The number of anilines is 2. The number of rotatable bonds is 7. The van der Waals surface area contributed by atoms with Gasteiger partial charge in [0.15, 0.2) is 5.82 Å². The molecule has 1 atom stereocenters. The van der Waals surface area contributed by atoms with E-state index in [0.717, 1.165) is 25.9 Å². The summed E-state index contributed by atoms with van der Waals surface area (Å²) in [7, 11) is -2.26. The summed E-state index contributed by atoms with van der Waals surface area (Å²) in [5.74, 6) is -0.702. The van der Waals surface area contributed by atoms with Gasteiger partial charge in [0.1, 0.15) is 10.7 Å². The van der Waals surface area contributed by atoms with E-state index in [1.54, 1.807) is 0 Å². The van der Waals surface area contributed by atoms with Crippen LogP contribution in [0.3, 0.4) is 0 Å². The number of aromatic nitrogens is 1. The maximum atomic E-state index is 14.9. The lowest BCUT2D eigenvalue weighted by Gasteiger charge is -2.40. The summed E-state index contributed by atoms with van der Waals surface area (Å²) >= 11 is 7.68. The van der Waals surface area contributed by atoms with Gasteiger partial charge in [0, 0.05) is 43.7 Å². The average Bonchev–Trinajstić information content (AvgIpc) is 3.32. The van der Waals surface area contributed by atoms with Crippen LogP contribution >= 0.6 is 22.9 Å². The molecule has 1 aliphatic heterocycles. The highest BCUT2D eigenvalue weighted by atomic mass is 35.5. The molecule has 4 rings (SSSR count). The lowest BCUT2D eigenvalue weighted by molar-refractivity contribution is 0.162. The van der Waals surface area contributed by atoms with Gasteiger partial charge in [-0.15, -0.1) is 11.3 Å². The van der Waals surface area contributed by atoms with Crippen LogP contribution in [0.1, 0.15) is 31.4 Å². The van der Waals surface area contributed by atoms with Crippen molar-refractivity contribution in [3.8, 4) is 0 Å². The van der Waals surface area contributed by atoms with Crippen molar-refractivity contribution in [3.05, 3.63) is 69.8 Å². The molecule has 3 aromatic rings. The van der Waals surface area contributed by atoms with E-state index in [2.05, 4.69) is 45.8 Å². The minimum atomic E-state index is -4.14. The fourth-order valence-electron chi connectivity index (χ4n) is 4.25. The van der Waals surface area contributed by atoms with Crippen LogP contribution in [0.15, 0.2) is 58.3 Å². The summed E-state index contributed by atoms with van der Waals surface area (Å²) in [6, 6.07) is 13.3. The van der Waals surface area contributed by atoms with Gasteiger partial charge >= 0.3 is 0 Å². The maximum Gasteiger partial charge on any atom is 0.266 e. The molecule has 1 saturated heterocycles. The second-order valence-corrected chi connectivity index (χ2v) is 11.0.